The highest BCUT2D eigenvalue weighted by Gasteiger charge is 2.41. The molecule has 3 aliphatic rings. The number of amides is 4. The summed E-state index contributed by atoms with van der Waals surface area (Å²) in [6.07, 6.45) is 7.91. The van der Waals surface area contributed by atoms with Crippen LogP contribution in [0.4, 0.5) is 9.59 Å². The summed E-state index contributed by atoms with van der Waals surface area (Å²) >= 11 is 0. The standard InChI is InChI=1S/C49H52N8O7/c1-62-48(60)54-42(33-11-6-7-12-33)46(58)56-22-8-13-40(56)44-50-28-39(53-44)37-21-20-35-25-34(18-19-36(35)26-37)30-14-16-31(17-15-30)38-27-51-45(52-38)41-29-64-24-23-57(41)47(59)43(55-49(61)63-2)32-9-4-3-5-10-32/h3-5,9-10,14-21,25-28,33,40-43H,6-8,11-13,22-24,29H2,1-2H3,(H,50,53)(H,51,52)(H,54,60)(H,55,61)/t40-,41-,42-,43+/m0/s1. The summed E-state index contributed by atoms with van der Waals surface area (Å²) in [5, 5.41) is 7.72. The maximum atomic E-state index is 14.0. The van der Waals surface area contributed by atoms with E-state index >= 15 is 0 Å². The van der Waals surface area contributed by atoms with E-state index in [1.807, 2.05) is 41.4 Å². The van der Waals surface area contributed by atoms with E-state index < -0.39 is 30.3 Å². The second-order valence-electron chi connectivity index (χ2n) is 16.7. The van der Waals surface area contributed by atoms with Crippen molar-refractivity contribution in [1.82, 2.24) is 40.4 Å². The van der Waals surface area contributed by atoms with Crippen LogP contribution in [-0.2, 0) is 23.8 Å². The molecule has 1 saturated carbocycles. The topological polar surface area (TPSA) is 184 Å². The van der Waals surface area contributed by atoms with E-state index in [1.54, 1.807) is 23.2 Å². The first-order valence-electron chi connectivity index (χ1n) is 22.0. The molecule has 330 valence electrons. The second kappa shape index (κ2) is 18.8. The van der Waals surface area contributed by atoms with Crippen LogP contribution in [0.25, 0.3) is 44.4 Å². The first-order chi connectivity index (χ1) is 31.3. The Morgan fingerprint density at radius 2 is 1.25 bits per heavy atom. The highest BCUT2D eigenvalue weighted by molar-refractivity contribution is 5.91. The van der Waals surface area contributed by atoms with Gasteiger partial charge in [-0.2, -0.15) is 0 Å². The lowest BCUT2D eigenvalue weighted by atomic mass is 9.96. The summed E-state index contributed by atoms with van der Waals surface area (Å²) in [4.78, 5) is 72.5. The van der Waals surface area contributed by atoms with Gasteiger partial charge in [-0.25, -0.2) is 19.6 Å². The average Bonchev–Trinajstić information content (AvgIpc) is 4.20. The van der Waals surface area contributed by atoms with Crippen molar-refractivity contribution in [3.8, 4) is 33.6 Å². The molecule has 15 heteroatoms. The van der Waals surface area contributed by atoms with Crippen molar-refractivity contribution in [2.45, 2.75) is 62.7 Å². The molecule has 2 saturated heterocycles. The molecule has 0 radical (unpaired) electrons. The van der Waals surface area contributed by atoms with Crippen LogP contribution >= 0.6 is 0 Å². The van der Waals surface area contributed by atoms with Gasteiger partial charge >= 0.3 is 12.2 Å². The number of rotatable bonds is 11. The normalized spacial score (nSPS) is 18.7. The number of fused-ring (bicyclic) bond motifs is 1. The molecule has 64 heavy (non-hydrogen) atoms. The number of morpholine rings is 1. The minimum Gasteiger partial charge on any atom is -0.453 e. The van der Waals surface area contributed by atoms with Gasteiger partial charge in [0.05, 0.1) is 57.3 Å². The van der Waals surface area contributed by atoms with Gasteiger partial charge in [-0.15, -0.1) is 0 Å². The summed E-state index contributed by atoms with van der Waals surface area (Å²) in [5.74, 6) is 1.09. The van der Waals surface area contributed by atoms with E-state index in [0.717, 1.165) is 88.8 Å². The Morgan fingerprint density at radius 1 is 0.656 bits per heavy atom. The quantitative estimate of drug-likeness (QED) is 0.101. The number of nitrogens with one attached hydrogen (secondary N) is 4. The van der Waals surface area contributed by atoms with Gasteiger partial charge in [0.2, 0.25) is 5.91 Å². The van der Waals surface area contributed by atoms with Gasteiger partial charge in [0, 0.05) is 18.7 Å². The lowest BCUT2D eigenvalue weighted by molar-refractivity contribution is -0.143. The Hall–Kier alpha value is -7.00. The molecular weight excluding hydrogens is 813 g/mol. The SMILES string of the molecule is COC(=O)N[C@H](C(=O)N1CCC[C@H]1c1ncc(-c2ccc3cc(-c4ccc(-c5cnc([C@@H]6COCCN6C(=O)[C@H](NC(=O)OC)c6ccccc6)[nH]5)cc4)ccc3c2)[nH]1)C1CCCC1. The molecule has 6 aromatic rings. The molecular formula is C49H52N8O7. The molecule has 4 atom stereocenters. The van der Waals surface area contributed by atoms with Gasteiger partial charge in [-0.1, -0.05) is 91.7 Å². The number of carbonyl (C=O) groups excluding carboxylic acids is 4. The van der Waals surface area contributed by atoms with E-state index in [0.29, 0.717) is 31.1 Å². The third-order valence-electron chi connectivity index (χ3n) is 12.9. The molecule has 4 heterocycles. The van der Waals surface area contributed by atoms with Crippen LogP contribution in [0.2, 0.25) is 0 Å². The number of benzene rings is 4. The van der Waals surface area contributed by atoms with E-state index in [1.165, 1.54) is 14.2 Å². The van der Waals surface area contributed by atoms with Gasteiger partial charge in [0.1, 0.15) is 29.8 Å². The van der Waals surface area contributed by atoms with Gasteiger partial charge in [0.15, 0.2) is 0 Å². The first-order valence-corrected chi connectivity index (χ1v) is 22.0. The molecule has 0 unspecified atom stereocenters. The zero-order chi connectivity index (χ0) is 44.2. The van der Waals surface area contributed by atoms with E-state index in [-0.39, 0.29) is 30.4 Å². The summed E-state index contributed by atoms with van der Waals surface area (Å²) in [6.45, 7) is 1.57. The summed E-state index contributed by atoms with van der Waals surface area (Å²) < 4.78 is 15.5. The van der Waals surface area contributed by atoms with Crippen LogP contribution in [0.1, 0.15) is 73.9 Å². The predicted molar refractivity (Wildman–Crippen MR) is 240 cm³/mol. The zero-order valence-electron chi connectivity index (χ0n) is 35.9. The lowest BCUT2D eigenvalue weighted by Crippen LogP contribution is -2.51. The Morgan fingerprint density at radius 3 is 1.95 bits per heavy atom. The van der Waals surface area contributed by atoms with Crippen LogP contribution in [0.5, 0.6) is 0 Å². The molecule has 1 aliphatic carbocycles. The van der Waals surface area contributed by atoms with E-state index in [2.05, 4.69) is 74.1 Å². The third-order valence-corrected chi connectivity index (χ3v) is 12.9. The minimum atomic E-state index is -0.939. The minimum absolute atomic E-state index is 0.0677. The first kappa shape index (κ1) is 42.3. The zero-order valence-corrected chi connectivity index (χ0v) is 35.9. The average molecular weight is 865 g/mol. The number of carbonyl (C=O) groups is 4. The molecule has 0 bridgehead atoms. The van der Waals surface area contributed by atoms with Crippen molar-refractivity contribution < 1.29 is 33.4 Å². The molecule has 4 amide bonds. The third kappa shape index (κ3) is 8.80. The summed E-state index contributed by atoms with van der Waals surface area (Å²) in [7, 11) is 2.59. The molecule has 0 spiro atoms. The molecule has 9 rings (SSSR count). The Labute approximate surface area is 370 Å². The highest BCUT2D eigenvalue weighted by Crippen LogP contribution is 2.37. The smallest absolute Gasteiger partial charge is 0.407 e. The second-order valence-corrected chi connectivity index (χ2v) is 16.7. The fourth-order valence-electron chi connectivity index (χ4n) is 9.46. The Balaban J connectivity index is 0.875. The van der Waals surface area contributed by atoms with Crippen molar-refractivity contribution >= 4 is 34.8 Å². The summed E-state index contributed by atoms with van der Waals surface area (Å²) in [6, 6.07) is 27.9. The molecule has 2 aliphatic heterocycles. The molecule has 2 aromatic heterocycles. The number of aromatic nitrogens is 4. The number of alkyl carbamates (subject to hydrolysis) is 2. The molecule has 3 fully saturated rings. The lowest BCUT2D eigenvalue weighted by Gasteiger charge is -2.36. The van der Waals surface area contributed by atoms with Crippen molar-refractivity contribution in [1.29, 1.82) is 0 Å². The Bertz CT molecular complexity index is 2620. The van der Waals surface area contributed by atoms with E-state index in [4.69, 9.17) is 19.2 Å². The van der Waals surface area contributed by atoms with Crippen molar-refractivity contribution in [2.24, 2.45) is 5.92 Å². The number of ether oxygens (including phenoxy) is 3. The Kier molecular flexibility index (Phi) is 12.4. The number of H-pyrrole nitrogens is 2. The number of hydrogen-bond donors (Lipinski definition) is 4. The maximum Gasteiger partial charge on any atom is 0.407 e. The summed E-state index contributed by atoms with van der Waals surface area (Å²) in [5.41, 5.74) is 6.39. The van der Waals surface area contributed by atoms with Gasteiger partial charge in [-0.3, -0.25) is 9.59 Å². The molecule has 15 nitrogen and oxygen atoms in total. The van der Waals surface area contributed by atoms with Crippen LogP contribution < -0.4 is 10.6 Å². The van der Waals surface area contributed by atoms with Crippen LogP contribution in [-0.4, -0.2) is 100 Å². The van der Waals surface area contributed by atoms with Gasteiger partial charge < -0.3 is 44.6 Å². The number of methoxy groups -OCH3 is 2. The van der Waals surface area contributed by atoms with Crippen molar-refractivity contribution in [3.63, 3.8) is 0 Å². The number of nitrogens with zero attached hydrogens (tertiary/aromatic N) is 4. The highest BCUT2D eigenvalue weighted by atomic mass is 16.5. The van der Waals surface area contributed by atoms with Crippen molar-refractivity contribution in [3.05, 3.63) is 121 Å². The van der Waals surface area contributed by atoms with Gasteiger partial charge in [0.25, 0.3) is 5.91 Å². The number of aromatic amines is 2. The maximum absolute atomic E-state index is 14.0. The van der Waals surface area contributed by atoms with Crippen LogP contribution in [0.15, 0.2) is 103 Å². The van der Waals surface area contributed by atoms with Crippen LogP contribution in [0.3, 0.4) is 0 Å². The monoisotopic (exact) mass is 864 g/mol. The molecule has 4 N–H and O–H groups in total. The predicted octanol–water partition coefficient (Wildman–Crippen LogP) is 7.86. The largest absolute Gasteiger partial charge is 0.453 e. The fourth-order valence-corrected chi connectivity index (χ4v) is 9.46. The molecule has 4 aromatic carbocycles. The number of imidazole rings is 2. The number of hydrogen-bond acceptors (Lipinski definition) is 9. The van der Waals surface area contributed by atoms with Crippen molar-refractivity contribution in [2.75, 3.05) is 40.5 Å². The number of likely N-dealkylation sites (tertiary alicyclic amines) is 1. The van der Waals surface area contributed by atoms with E-state index in [9.17, 15) is 19.2 Å². The van der Waals surface area contributed by atoms with Gasteiger partial charge in [-0.05, 0) is 76.8 Å². The van der Waals surface area contributed by atoms with Crippen LogP contribution in [0, 0.1) is 5.92 Å². The fraction of sp³-hybridized carbons (Fsp3) is 0.347.